The summed E-state index contributed by atoms with van der Waals surface area (Å²) >= 11 is 0. The average Bonchev–Trinajstić information content (AvgIpc) is 3.10. The molecule has 174 valence electrons. The van der Waals surface area contributed by atoms with Crippen molar-refractivity contribution in [1.82, 2.24) is 0 Å². The van der Waals surface area contributed by atoms with Crippen molar-refractivity contribution < 1.29 is 4.74 Å². The van der Waals surface area contributed by atoms with Crippen LogP contribution in [-0.4, -0.2) is 19.3 Å². The first kappa shape index (κ1) is 23.1. The van der Waals surface area contributed by atoms with Crippen LogP contribution in [-0.2, 0) is 4.74 Å². The summed E-state index contributed by atoms with van der Waals surface area (Å²) < 4.78 is 6.82. The Bertz CT molecular complexity index is 563. The number of unbranched alkanes of at least 4 members (excludes halogenated alkanes) is 1. The van der Waals surface area contributed by atoms with Gasteiger partial charge in [0.1, 0.15) is 0 Å². The van der Waals surface area contributed by atoms with E-state index in [2.05, 4.69) is 27.7 Å². The lowest BCUT2D eigenvalue weighted by Crippen LogP contribution is -2.58. The van der Waals surface area contributed by atoms with Crippen LogP contribution in [0.5, 0.6) is 0 Å². The van der Waals surface area contributed by atoms with Crippen molar-refractivity contribution in [2.24, 2.45) is 52.1 Å². The van der Waals surface area contributed by atoms with E-state index in [-0.39, 0.29) is 0 Å². The zero-order valence-electron chi connectivity index (χ0n) is 20.6. The predicted octanol–water partition coefficient (Wildman–Crippen LogP) is 7.21. The molecule has 0 spiro atoms. The maximum Gasteiger partial charge on any atom is 0.0637 e. The van der Waals surface area contributed by atoms with E-state index < -0.39 is 0 Å². The smallest absolute Gasteiger partial charge is 0.0637 e. The first-order valence-electron chi connectivity index (χ1n) is 13.8. The van der Waals surface area contributed by atoms with E-state index in [1.54, 1.807) is 0 Å². The van der Waals surface area contributed by atoms with Crippen LogP contribution in [0.3, 0.4) is 0 Å². The van der Waals surface area contributed by atoms with E-state index in [0.717, 1.165) is 55.1 Å². The molecule has 4 aliphatic carbocycles. The molecule has 4 aliphatic rings. The molecule has 0 aromatic carbocycles. The van der Waals surface area contributed by atoms with E-state index in [1.807, 2.05) is 0 Å². The fraction of sp³-hybridized carbons (Fsp3) is 1.00. The Kier molecular flexibility index (Phi) is 7.25. The monoisotopic (exact) mass is 417 g/mol. The highest BCUT2D eigenvalue weighted by molar-refractivity contribution is 5.12. The van der Waals surface area contributed by atoms with Crippen LogP contribution in [0.1, 0.15) is 111 Å². The molecule has 4 saturated carbocycles. The summed E-state index contributed by atoms with van der Waals surface area (Å²) in [5.41, 5.74) is 6.83. The standard InChI is InChI=1S/C28H51NO/c1-5-6-10-20(2)23-14-15-24-22-13-12-21-11-7-8-16-27(21,3)25(22)19-26(28(23,24)4)30-18-9-17-29/h20-26H,5-19,29H2,1-4H3/t20-,21?,22?,23?,24?,25?,26+,27+,28-/m1/s1. The van der Waals surface area contributed by atoms with Gasteiger partial charge in [-0.1, -0.05) is 59.8 Å². The fourth-order valence-corrected chi connectivity index (χ4v) is 9.48. The highest BCUT2D eigenvalue weighted by Crippen LogP contribution is 2.68. The Morgan fingerprint density at radius 3 is 2.60 bits per heavy atom. The number of rotatable bonds is 8. The van der Waals surface area contributed by atoms with Gasteiger partial charge >= 0.3 is 0 Å². The van der Waals surface area contributed by atoms with E-state index >= 15 is 0 Å². The van der Waals surface area contributed by atoms with Crippen molar-refractivity contribution in [1.29, 1.82) is 0 Å². The third-order valence-corrected chi connectivity index (χ3v) is 11.1. The van der Waals surface area contributed by atoms with Gasteiger partial charge in [0.05, 0.1) is 6.10 Å². The molecule has 0 heterocycles. The third-order valence-electron chi connectivity index (χ3n) is 11.1. The zero-order chi connectivity index (χ0) is 21.4. The number of ether oxygens (including phenoxy) is 1. The summed E-state index contributed by atoms with van der Waals surface area (Å²) in [5, 5.41) is 0. The SMILES string of the molecule is CCCC[C@@H](C)C1CCC2C3CCC4CCCC[C@]4(C)C3C[C@H](OCCCN)[C@@]21C. The molecular formula is C28H51NO. The second-order valence-corrected chi connectivity index (χ2v) is 12.3. The molecule has 0 aromatic rings. The first-order chi connectivity index (χ1) is 14.5. The summed E-state index contributed by atoms with van der Waals surface area (Å²) in [6, 6.07) is 0. The molecule has 0 aromatic heterocycles. The lowest BCUT2D eigenvalue weighted by Gasteiger charge is -2.62. The maximum atomic E-state index is 6.82. The van der Waals surface area contributed by atoms with Crippen LogP contribution in [0.4, 0.5) is 0 Å². The second kappa shape index (κ2) is 9.42. The van der Waals surface area contributed by atoms with Gasteiger partial charge < -0.3 is 10.5 Å². The number of fused-ring (bicyclic) bond motifs is 5. The van der Waals surface area contributed by atoms with Crippen molar-refractivity contribution >= 4 is 0 Å². The summed E-state index contributed by atoms with van der Waals surface area (Å²) in [5.74, 6) is 5.46. The molecule has 2 N–H and O–H groups in total. The van der Waals surface area contributed by atoms with Crippen LogP contribution in [0.2, 0.25) is 0 Å². The van der Waals surface area contributed by atoms with Crippen molar-refractivity contribution in [2.75, 3.05) is 13.2 Å². The van der Waals surface area contributed by atoms with Crippen LogP contribution < -0.4 is 5.73 Å². The van der Waals surface area contributed by atoms with Crippen molar-refractivity contribution in [2.45, 2.75) is 117 Å². The molecule has 0 bridgehead atoms. The predicted molar refractivity (Wildman–Crippen MR) is 127 cm³/mol. The molecule has 0 saturated heterocycles. The zero-order valence-corrected chi connectivity index (χ0v) is 20.6. The van der Waals surface area contributed by atoms with E-state index in [0.29, 0.717) is 16.9 Å². The molecular weight excluding hydrogens is 366 g/mol. The second-order valence-electron chi connectivity index (χ2n) is 12.3. The van der Waals surface area contributed by atoms with E-state index in [1.165, 1.54) is 77.0 Å². The van der Waals surface area contributed by atoms with Gasteiger partial charge in [0.2, 0.25) is 0 Å². The Hall–Kier alpha value is -0.0800. The fourth-order valence-electron chi connectivity index (χ4n) is 9.48. The number of nitrogens with two attached hydrogens (primary N) is 1. The molecule has 0 radical (unpaired) electrons. The van der Waals surface area contributed by atoms with Crippen LogP contribution in [0.15, 0.2) is 0 Å². The minimum Gasteiger partial charge on any atom is -0.378 e. The van der Waals surface area contributed by atoms with E-state index in [9.17, 15) is 0 Å². The van der Waals surface area contributed by atoms with Crippen LogP contribution in [0, 0.1) is 46.3 Å². The molecule has 30 heavy (non-hydrogen) atoms. The van der Waals surface area contributed by atoms with Gasteiger partial charge in [-0.05, 0) is 104 Å². The molecule has 2 heteroatoms. The summed E-state index contributed by atoms with van der Waals surface area (Å²) in [7, 11) is 0. The largest absolute Gasteiger partial charge is 0.378 e. The quantitative estimate of drug-likeness (QED) is 0.424. The maximum absolute atomic E-state index is 6.82. The minimum atomic E-state index is 0.390. The normalized spacial score (nSPS) is 46.7. The highest BCUT2D eigenvalue weighted by atomic mass is 16.5. The van der Waals surface area contributed by atoms with Gasteiger partial charge in [0.25, 0.3) is 0 Å². The van der Waals surface area contributed by atoms with Gasteiger partial charge in [0, 0.05) is 6.61 Å². The summed E-state index contributed by atoms with van der Waals surface area (Å²) in [6.45, 7) is 11.9. The Morgan fingerprint density at radius 1 is 1.00 bits per heavy atom. The minimum absolute atomic E-state index is 0.390. The first-order valence-corrected chi connectivity index (χ1v) is 13.8. The van der Waals surface area contributed by atoms with E-state index in [4.69, 9.17) is 10.5 Å². The van der Waals surface area contributed by atoms with Crippen molar-refractivity contribution in [3.05, 3.63) is 0 Å². The Balaban J connectivity index is 1.62. The van der Waals surface area contributed by atoms with Crippen LogP contribution in [0.25, 0.3) is 0 Å². The third kappa shape index (κ3) is 3.81. The van der Waals surface area contributed by atoms with Crippen molar-refractivity contribution in [3.63, 3.8) is 0 Å². The summed E-state index contributed by atoms with van der Waals surface area (Å²) in [4.78, 5) is 0. The molecule has 9 atom stereocenters. The number of hydrogen-bond donors (Lipinski definition) is 1. The molecule has 4 rings (SSSR count). The molecule has 2 nitrogen and oxygen atoms in total. The molecule has 4 fully saturated rings. The van der Waals surface area contributed by atoms with Gasteiger partial charge in [0.15, 0.2) is 0 Å². The molecule has 0 aliphatic heterocycles. The Morgan fingerprint density at radius 2 is 1.83 bits per heavy atom. The molecule has 0 amide bonds. The Labute approximate surface area is 187 Å². The van der Waals surface area contributed by atoms with Crippen molar-refractivity contribution in [3.8, 4) is 0 Å². The number of hydrogen-bond acceptors (Lipinski definition) is 2. The summed E-state index contributed by atoms with van der Waals surface area (Å²) in [6.07, 6.45) is 18.8. The van der Waals surface area contributed by atoms with Crippen LogP contribution >= 0.6 is 0 Å². The van der Waals surface area contributed by atoms with Gasteiger partial charge in [-0.25, -0.2) is 0 Å². The van der Waals surface area contributed by atoms with Gasteiger partial charge in [-0.3, -0.25) is 0 Å². The average molecular weight is 418 g/mol. The molecule has 5 unspecified atom stereocenters. The topological polar surface area (TPSA) is 35.2 Å². The lowest BCUT2D eigenvalue weighted by atomic mass is 9.44. The highest BCUT2D eigenvalue weighted by Gasteiger charge is 2.63. The lowest BCUT2D eigenvalue weighted by molar-refractivity contribution is -0.185. The van der Waals surface area contributed by atoms with Gasteiger partial charge in [-0.2, -0.15) is 0 Å². The van der Waals surface area contributed by atoms with Gasteiger partial charge in [-0.15, -0.1) is 0 Å².